The number of halogens is 1. The fourth-order valence-corrected chi connectivity index (χ4v) is 2.70. The highest BCUT2D eigenvalue weighted by atomic mass is 127. The number of para-hydroxylation sites is 1. The van der Waals surface area contributed by atoms with Gasteiger partial charge in [0.05, 0.1) is 10.1 Å². The first kappa shape index (κ1) is 12.9. The van der Waals surface area contributed by atoms with Crippen molar-refractivity contribution in [2.24, 2.45) is 0 Å². The van der Waals surface area contributed by atoms with Gasteiger partial charge in [-0.15, -0.1) is 0 Å². The molecule has 2 nitrogen and oxygen atoms in total. The van der Waals surface area contributed by atoms with Crippen LogP contribution in [0.1, 0.15) is 31.6 Å². The van der Waals surface area contributed by atoms with Crippen molar-refractivity contribution in [3.05, 3.63) is 33.1 Å². The number of aryl methyl sites for hydroxylation is 1. The van der Waals surface area contributed by atoms with E-state index in [9.17, 15) is 0 Å². The monoisotopic (exact) mass is 343 g/mol. The molecule has 1 heterocycles. The van der Waals surface area contributed by atoms with Crippen molar-refractivity contribution in [3.63, 3.8) is 0 Å². The molecule has 0 fully saturated rings. The van der Waals surface area contributed by atoms with Crippen LogP contribution in [-0.4, -0.2) is 6.54 Å². The van der Waals surface area contributed by atoms with Crippen LogP contribution >= 0.6 is 22.6 Å². The van der Waals surface area contributed by atoms with Gasteiger partial charge in [-0.1, -0.05) is 32.4 Å². The van der Waals surface area contributed by atoms with E-state index in [2.05, 4.69) is 60.0 Å². The molecule has 92 valence electrons. The molecule has 2 rings (SSSR count). The van der Waals surface area contributed by atoms with E-state index in [1.165, 1.54) is 14.5 Å². The third-order valence-electron chi connectivity index (χ3n) is 2.89. The Balaban J connectivity index is 2.49. The fraction of sp³-hybridized carbons (Fsp3) is 0.429. The van der Waals surface area contributed by atoms with Gasteiger partial charge >= 0.3 is 0 Å². The van der Waals surface area contributed by atoms with Gasteiger partial charge in [0.25, 0.3) is 0 Å². The van der Waals surface area contributed by atoms with Gasteiger partial charge in [-0.05, 0) is 41.6 Å². The van der Waals surface area contributed by atoms with Gasteiger partial charge in [0.2, 0.25) is 0 Å². The predicted molar refractivity (Wildman–Crippen MR) is 80.3 cm³/mol. The predicted octanol–water partition coefficient (Wildman–Crippen LogP) is 4.10. The van der Waals surface area contributed by atoms with Crippen molar-refractivity contribution in [1.29, 1.82) is 0 Å². The van der Waals surface area contributed by atoms with Crippen LogP contribution in [0.3, 0.4) is 0 Å². The van der Waals surface area contributed by atoms with Crippen LogP contribution in [0.25, 0.3) is 11.0 Å². The summed E-state index contributed by atoms with van der Waals surface area (Å²) in [5.41, 5.74) is 2.42. The van der Waals surface area contributed by atoms with Crippen molar-refractivity contribution in [2.75, 3.05) is 6.54 Å². The Kier molecular flexibility index (Phi) is 4.45. The first-order chi connectivity index (χ1) is 8.27. The van der Waals surface area contributed by atoms with Crippen LogP contribution in [-0.2, 0) is 13.0 Å². The molecule has 0 radical (unpaired) electrons. The molecule has 0 aliphatic heterocycles. The first-order valence-corrected chi connectivity index (χ1v) is 7.25. The molecule has 2 aromatic rings. The normalized spacial score (nSPS) is 11.2. The summed E-state index contributed by atoms with van der Waals surface area (Å²) in [6.07, 6.45) is 2.24. The molecule has 0 bridgehead atoms. The molecule has 0 spiro atoms. The number of nitrogens with one attached hydrogen (secondary N) is 1. The Bertz CT molecular complexity index is 504. The minimum atomic E-state index is 0.830. The number of fused-ring (bicyclic) bond motifs is 1. The smallest absolute Gasteiger partial charge is 0.147 e. The Hall–Kier alpha value is -0.550. The van der Waals surface area contributed by atoms with E-state index in [1.54, 1.807) is 0 Å². The maximum atomic E-state index is 6.01. The van der Waals surface area contributed by atoms with Crippen LogP contribution in [0, 0.1) is 3.57 Å². The Morgan fingerprint density at radius 1 is 1.29 bits per heavy atom. The summed E-state index contributed by atoms with van der Waals surface area (Å²) in [4.78, 5) is 0. The second-order valence-corrected chi connectivity index (χ2v) is 5.31. The molecule has 0 saturated heterocycles. The number of hydrogen-bond donors (Lipinski definition) is 1. The quantitative estimate of drug-likeness (QED) is 0.827. The van der Waals surface area contributed by atoms with Crippen LogP contribution in [0.2, 0.25) is 0 Å². The van der Waals surface area contributed by atoms with Gasteiger partial charge in [-0.2, -0.15) is 0 Å². The molecule has 1 aromatic heterocycles. The minimum absolute atomic E-state index is 0.830. The average molecular weight is 343 g/mol. The maximum absolute atomic E-state index is 6.01. The van der Waals surface area contributed by atoms with E-state index >= 15 is 0 Å². The maximum Gasteiger partial charge on any atom is 0.147 e. The minimum Gasteiger partial charge on any atom is -0.458 e. The van der Waals surface area contributed by atoms with Crippen LogP contribution < -0.4 is 5.32 Å². The van der Waals surface area contributed by atoms with Gasteiger partial charge in [-0.3, -0.25) is 0 Å². The Morgan fingerprint density at radius 3 is 2.82 bits per heavy atom. The molecule has 17 heavy (non-hydrogen) atoms. The van der Waals surface area contributed by atoms with E-state index < -0.39 is 0 Å². The van der Waals surface area contributed by atoms with Crippen molar-refractivity contribution >= 4 is 33.6 Å². The van der Waals surface area contributed by atoms with Crippen LogP contribution in [0.15, 0.2) is 22.6 Å². The van der Waals surface area contributed by atoms with Gasteiger partial charge in [0, 0.05) is 10.9 Å². The first-order valence-electron chi connectivity index (χ1n) is 6.17. The van der Waals surface area contributed by atoms with E-state index in [0.29, 0.717) is 0 Å². The van der Waals surface area contributed by atoms with E-state index in [0.717, 1.165) is 37.3 Å². The molecular weight excluding hydrogens is 325 g/mol. The van der Waals surface area contributed by atoms with Crippen molar-refractivity contribution in [1.82, 2.24) is 5.32 Å². The van der Waals surface area contributed by atoms with Gasteiger partial charge in [-0.25, -0.2) is 0 Å². The Morgan fingerprint density at radius 2 is 2.12 bits per heavy atom. The van der Waals surface area contributed by atoms with Gasteiger partial charge in [0.15, 0.2) is 0 Å². The summed E-state index contributed by atoms with van der Waals surface area (Å²) in [6.45, 7) is 6.13. The SMILES string of the molecule is CCCc1c(CNCC)oc2c(I)cccc12. The topological polar surface area (TPSA) is 25.2 Å². The average Bonchev–Trinajstić information content (AvgIpc) is 2.67. The van der Waals surface area contributed by atoms with Crippen molar-refractivity contribution in [2.45, 2.75) is 33.2 Å². The molecule has 0 aliphatic carbocycles. The summed E-state index contributed by atoms with van der Waals surface area (Å²) < 4.78 is 7.21. The van der Waals surface area contributed by atoms with Crippen LogP contribution in [0.4, 0.5) is 0 Å². The molecule has 0 saturated carbocycles. The lowest BCUT2D eigenvalue weighted by molar-refractivity contribution is 0.512. The molecule has 0 aliphatic rings. The van der Waals surface area contributed by atoms with Crippen molar-refractivity contribution < 1.29 is 4.42 Å². The van der Waals surface area contributed by atoms with E-state index in [1.807, 2.05) is 0 Å². The van der Waals surface area contributed by atoms with Gasteiger partial charge in [0.1, 0.15) is 11.3 Å². The van der Waals surface area contributed by atoms with E-state index in [4.69, 9.17) is 4.42 Å². The molecule has 1 N–H and O–H groups in total. The molecule has 0 unspecified atom stereocenters. The van der Waals surface area contributed by atoms with Crippen LogP contribution in [0.5, 0.6) is 0 Å². The molecule has 0 atom stereocenters. The zero-order chi connectivity index (χ0) is 12.3. The third kappa shape index (κ3) is 2.65. The summed E-state index contributed by atoms with van der Waals surface area (Å²) in [5, 5.41) is 4.63. The zero-order valence-corrected chi connectivity index (χ0v) is 12.5. The molecule has 1 aromatic carbocycles. The highest BCUT2D eigenvalue weighted by Crippen LogP contribution is 2.30. The second kappa shape index (κ2) is 5.87. The lowest BCUT2D eigenvalue weighted by Crippen LogP contribution is -2.12. The summed E-state index contributed by atoms with van der Waals surface area (Å²) in [6, 6.07) is 6.37. The number of hydrogen-bond acceptors (Lipinski definition) is 2. The molecule has 3 heteroatoms. The molecule has 0 amide bonds. The second-order valence-electron chi connectivity index (χ2n) is 4.15. The van der Waals surface area contributed by atoms with Gasteiger partial charge < -0.3 is 9.73 Å². The zero-order valence-electron chi connectivity index (χ0n) is 10.3. The highest BCUT2D eigenvalue weighted by molar-refractivity contribution is 14.1. The van der Waals surface area contributed by atoms with E-state index in [-0.39, 0.29) is 0 Å². The number of rotatable bonds is 5. The largest absolute Gasteiger partial charge is 0.458 e. The highest BCUT2D eigenvalue weighted by Gasteiger charge is 2.14. The standard InChI is InChI=1S/C14H18INO/c1-3-6-10-11-7-5-8-12(15)14(11)17-13(10)9-16-4-2/h5,7-8,16H,3-4,6,9H2,1-2H3. The summed E-state index contributed by atoms with van der Waals surface area (Å²) in [5.74, 6) is 1.10. The summed E-state index contributed by atoms with van der Waals surface area (Å²) >= 11 is 2.34. The number of benzene rings is 1. The lowest BCUT2D eigenvalue weighted by Gasteiger charge is -2.01. The third-order valence-corrected chi connectivity index (χ3v) is 3.74. The molecular formula is C14H18INO. The lowest BCUT2D eigenvalue weighted by atomic mass is 10.1. The fourth-order valence-electron chi connectivity index (χ4n) is 2.09. The van der Waals surface area contributed by atoms with Crippen molar-refractivity contribution in [3.8, 4) is 0 Å². The Labute approximate surface area is 116 Å². The summed E-state index contributed by atoms with van der Waals surface area (Å²) in [7, 11) is 0. The number of furan rings is 1.